The minimum absolute atomic E-state index is 0.0383. The number of halogens is 2. The van der Waals surface area contributed by atoms with Crippen LogP contribution < -0.4 is 0 Å². The van der Waals surface area contributed by atoms with Crippen molar-refractivity contribution in [3.63, 3.8) is 0 Å². The molecule has 1 aromatic rings. The number of alkyl halides is 2. The summed E-state index contributed by atoms with van der Waals surface area (Å²) in [6.45, 7) is 2.58. The van der Waals surface area contributed by atoms with Crippen LogP contribution in [0.2, 0.25) is 0 Å². The molecular weight excluding hydrogens is 388 g/mol. The molecule has 0 saturated heterocycles. The summed E-state index contributed by atoms with van der Waals surface area (Å²) >= 11 is 0. The Labute approximate surface area is 176 Å². The molecule has 3 unspecified atom stereocenters. The lowest BCUT2D eigenvalue weighted by molar-refractivity contribution is -0.160. The number of hydrogen-bond acceptors (Lipinski definition) is 4. The van der Waals surface area contributed by atoms with Crippen LogP contribution in [0.15, 0.2) is 12.4 Å². The van der Waals surface area contributed by atoms with E-state index in [4.69, 9.17) is 0 Å². The minimum Gasteiger partial charge on any atom is -0.384 e. The lowest BCUT2D eigenvalue weighted by atomic mass is 9.49. The number of Topliss-reactive ketones (excluding diaryl/α,β-unsaturated/α-hetero) is 1. The van der Waals surface area contributed by atoms with Crippen molar-refractivity contribution in [2.75, 3.05) is 0 Å². The fourth-order valence-corrected chi connectivity index (χ4v) is 8.21. The number of aromatic nitrogens is 3. The van der Waals surface area contributed by atoms with Crippen molar-refractivity contribution >= 4 is 5.78 Å². The average molecular weight is 422 g/mol. The zero-order chi connectivity index (χ0) is 21.1. The van der Waals surface area contributed by atoms with Crippen molar-refractivity contribution in [1.29, 1.82) is 0 Å². The normalized spacial score (nSPS) is 45.6. The van der Waals surface area contributed by atoms with E-state index < -0.39 is 12.0 Å². The highest BCUT2D eigenvalue weighted by molar-refractivity contribution is 5.81. The maximum Gasteiger partial charge on any atom is 0.266 e. The van der Waals surface area contributed by atoms with Gasteiger partial charge in [0.05, 0.1) is 12.4 Å². The molecule has 8 atom stereocenters. The second kappa shape index (κ2) is 7.35. The monoisotopic (exact) mass is 421 g/mol. The Balaban J connectivity index is 1.30. The lowest BCUT2D eigenvalue weighted by Crippen LogP contribution is -2.53. The second-order valence-corrected chi connectivity index (χ2v) is 10.8. The summed E-state index contributed by atoms with van der Waals surface area (Å²) in [5.74, 6) is 2.75. The summed E-state index contributed by atoms with van der Waals surface area (Å²) in [7, 11) is 0. The van der Waals surface area contributed by atoms with Gasteiger partial charge in [-0.3, -0.25) is 4.79 Å². The summed E-state index contributed by atoms with van der Waals surface area (Å²) in [5.41, 5.74) is -1.74. The Morgan fingerprint density at radius 2 is 1.80 bits per heavy atom. The lowest BCUT2D eigenvalue weighted by Gasteiger charge is -2.57. The fourth-order valence-electron chi connectivity index (χ4n) is 8.21. The van der Waals surface area contributed by atoms with Gasteiger partial charge in [-0.25, -0.2) is 8.78 Å². The maximum absolute atomic E-state index is 13.4. The van der Waals surface area contributed by atoms with Crippen molar-refractivity contribution in [3.8, 4) is 0 Å². The molecule has 30 heavy (non-hydrogen) atoms. The molecule has 4 fully saturated rings. The van der Waals surface area contributed by atoms with Crippen molar-refractivity contribution in [2.45, 2.75) is 83.3 Å². The van der Waals surface area contributed by atoms with Crippen LogP contribution in [0.1, 0.15) is 64.7 Å². The highest BCUT2D eigenvalue weighted by Gasteiger charge is 2.59. The van der Waals surface area contributed by atoms with Crippen molar-refractivity contribution in [2.24, 2.45) is 40.9 Å². The van der Waals surface area contributed by atoms with Gasteiger partial charge in [0.2, 0.25) is 0 Å². The Bertz CT molecular complexity index is 787. The highest BCUT2D eigenvalue weighted by atomic mass is 19.3. The van der Waals surface area contributed by atoms with Gasteiger partial charge < -0.3 is 5.11 Å². The van der Waals surface area contributed by atoms with Gasteiger partial charge in [0.25, 0.3) is 6.43 Å². The van der Waals surface area contributed by atoms with Crippen LogP contribution in [0.25, 0.3) is 0 Å². The van der Waals surface area contributed by atoms with Crippen molar-refractivity contribution in [3.05, 3.63) is 12.4 Å². The standard InChI is InChI=1S/C23H33F2N3O2/c1-22-8-6-16-15-7-9-23(30,21(24)25)12-14(15)2-3-17(16)18(22)4-5-19(22)20(29)13-28-26-10-11-27-28/h10-11,14-19,21,30H,2-9,12-13H2,1H3/t14-,15+,16?,17?,18?,19-,22+,23-/m1/s1. The van der Waals surface area contributed by atoms with E-state index in [1.165, 1.54) is 4.80 Å². The Morgan fingerprint density at radius 3 is 2.53 bits per heavy atom. The van der Waals surface area contributed by atoms with Gasteiger partial charge in [0, 0.05) is 5.92 Å². The second-order valence-electron chi connectivity index (χ2n) is 10.8. The van der Waals surface area contributed by atoms with Gasteiger partial charge in [-0.2, -0.15) is 15.0 Å². The van der Waals surface area contributed by atoms with Crippen molar-refractivity contribution in [1.82, 2.24) is 15.0 Å². The molecule has 4 aliphatic carbocycles. The van der Waals surface area contributed by atoms with Gasteiger partial charge in [-0.1, -0.05) is 6.92 Å². The van der Waals surface area contributed by atoms with Crippen LogP contribution in [0.3, 0.4) is 0 Å². The number of hydrogen-bond donors (Lipinski definition) is 1. The van der Waals surface area contributed by atoms with E-state index >= 15 is 0 Å². The Morgan fingerprint density at radius 1 is 1.07 bits per heavy atom. The fraction of sp³-hybridized carbons (Fsp3) is 0.870. The summed E-state index contributed by atoms with van der Waals surface area (Å²) in [5, 5.41) is 18.6. The van der Waals surface area contributed by atoms with Crippen LogP contribution in [0.4, 0.5) is 8.78 Å². The first-order chi connectivity index (χ1) is 14.3. The van der Waals surface area contributed by atoms with Gasteiger partial charge in [-0.05, 0) is 92.8 Å². The number of carbonyl (C=O) groups excluding carboxylic acids is 1. The predicted octanol–water partition coefficient (Wildman–Crippen LogP) is 4.11. The molecule has 1 aromatic heterocycles. The number of ketones is 1. The first-order valence-corrected chi connectivity index (χ1v) is 11.7. The number of nitrogens with zero attached hydrogens (tertiary/aromatic N) is 3. The van der Waals surface area contributed by atoms with E-state index in [-0.39, 0.29) is 42.4 Å². The van der Waals surface area contributed by atoms with Crippen LogP contribution >= 0.6 is 0 Å². The topological polar surface area (TPSA) is 68.0 Å². The number of aliphatic hydroxyl groups is 1. The van der Waals surface area contributed by atoms with Gasteiger partial charge in [0.15, 0.2) is 5.78 Å². The van der Waals surface area contributed by atoms with Crippen molar-refractivity contribution < 1.29 is 18.7 Å². The minimum atomic E-state index is -2.64. The van der Waals surface area contributed by atoms with E-state index in [1.54, 1.807) is 12.4 Å². The molecule has 166 valence electrons. The molecule has 1 heterocycles. The third kappa shape index (κ3) is 3.14. The quantitative estimate of drug-likeness (QED) is 0.794. The molecule has 4 aliphatic rings. The SMILES string of the molecule is C[C@]12CCC3C(CC[C@@H]4C[C@@](O)(C(F)F)CC[C@H]34)C1CC[C@@H]2C(=O)Cn1nccn1. The van der Waals surface area contributed by atoms with Crippen LogP contribution in [0, 0.1) is 40.9 Å². The third-order valence-corrected chi connectivity index (χ3v) is 9.60. The first kappa shape index (κ1) is 20.5. The van der Waals surface area contributed by atoms with E-state index in [0.717, 1.165) is 44.9 Å². The number of rotatable bonds is 4. The largest absolute Gasteiger partial charge is 0.384 e. The smallest absolute Gasteiger partial charge is 0.266 e. The van der Waals surface area contributed by atoms with Crippen LogP contribution in [-0.2, 0) is 11.3 Å². The zero-order valence-electron chi connectivity index (χ0n) is 17.7. The molecule has 0 radical (unpaired) electrons. The van der Waals surface area contributed by atoms with Crippen LogP contribution in [0.5, 0.6) is 0 Å². The molecule has 0 aliphatic heterocycles. The van der Waals surface area contributed by atoms with E-state index in [1.807, 2.05) is 0 Å². The average Bonchev–Trinajstić information content (AvgIpc) is 3.34. The maximum atomic E-state index is 13.4. The molecule has 5 nitrogen and oxygen atoms in total. The predicted molar refractivity (Wildman–Crippen MR) is 107 cm³/mol. The number of carbonyl (C=O) groups is 1. The molecule has 0 aromatic carbocycles. The van der Waals surface area contributed by atoms with E-state index in [9.17, 15) is 18.7 Å². The number of fused-ring (bicyclic) bond motifs is 5. The van der Waals surface area contributed by atoms with E-state index in [2.05, 4.69) is 17.1 Å². The van der Waals surface area contributed by atoms with E-state index in [0.29, 0.717) is 23.7 Å². The molecule has 0 amide bonds. The van der Waals surface area contributed by atoms with Gasteiger partial charge in [0.1, 0.15) is 12.1 Å². The summed E-state index contributed by atoms with van der Waals surface area (Å²) in [6.07, 6.45) is 7.98. The highest BCUT2D eigenvalue weighted by Crippen LogP contribution is 2.64. The molecule has 4 saturated carbocycles. The molecular formula is C23H33F2N3O2. The van der Waals surface area contributed by atoms with Crippen LogP contribution in [-0.4, -0.2) is 37.9 Å². The summed E-state index contributed by atoms with van der Waals surface area (Å²) in [4.78, 5) is 14.6. The summed E-state index contributed by atoms with van der Waals surface area (Å²) < 4.78 is 26.8. The molecule has 5 rings (SSSR count). The third-order valence-electron chi connectivity index (χ3n) is 9.60. The Kier molecular flexibility index (Phi) is 5.03. The molecule has 0 bridgehead atoms. The first-order valence-electron chi connectivity index (χ1n) is 11.7. The molecule has 1 N–H and O–H groups in total. The van der Waals surface area contributed by atoms with Gasteiger partial charge in [-0.15, -0.1) is 0 Å². The zero-order valence-corrected chi connectivity index (χ0v) is 17.7. The Hall–Kier alpha value is -1.37. The molecule has 7 heteroatoms. The summed E-state index contributed by atoms with van der Waals surface area (Å²) in [6, 6.07) is 0. The molecule has 0 spiro atoms. The van der Waals surface area contributed by atoms with Gasteiger partial charge >= 0.3 is 0 Å².